The van der Waals surface area contributed by atoms with Gasteiger partial charge < -0.3 is 10.6 Å². The molecule has 4 nitrogen and oxygen atoms in total. The van der Waals surface area contributed by atoms with Crippen molar-refractivity contribution in [1.29, 1.82) is 0 Å². The third-order valence-corrected chi connectivity index (χ3v) is 7.90. The highest BCUT2D eigenvalue weighted by Crippen LogP contribution is 2.47. The molecule has 0 spiro atoms. The van der Waals surface area contributed by atoms with Crippen molar-refractivity contribution in [2.75, 3.05) is 5.32 Å². The zero-order chi connectivity index (χ0) is 22.2. The third-order valence-electron chi connectivity index (χ3n) is 5.93. The number of anilines is 1. The number of benzene rings is 1. The highest BCUT2D eigenvalue weighted by molar-refractivity contribution is 7.10. The first-order chi connectivity index (χ1) is 15.5. The number of halogens is 1. The van der Waals surface area contributed by atoms with Gasteiger partial charge in [0.05, 0.1) is 5.92 Å². The van der Waals surface area contributed by atoms with Crippen LogP contribution in [0.3, 0.4) is 0 Å². The fourth-order valence-corrected chi connectivity index (χ4v) is 6.24. The number of ketones is 1. The van der Waals surface area contributed by atoms with Gasteiger partial charge >= 0.3 is 0 Å². The van der Waals surface area contributed by atoms with Crippen LogP contribution in [0.25, 0.3) is 0 Å². The van der Waals surface area contributed by atoms with Crippen molar-refractivity contribution in [3.8, 4) is 0 Å². The summed E-state index contributed by atoms with van der Waals surface area (Å²) in [5.41, 5.74) is 3.18. The van der Waals surface area contributed by atoms with Gasteiger partial charge in [0.1, 0.15) is 5.82 Å². The predicted octanol–water partition coefficient (Wildman–Crippen LogP) is 5.95. The number of thiophene rings is 2. The molecule has 162 valence electrons. The Balaban J connectivity index is 1.53. The van der Waals surface area contributed by atoms with E-state index in [1.807, 2.05) is 35.9 Å². The number of carbonyl (C=O) groups is 2. The summed E-state index contributed by atoms with van der Waals surface area (Å²) in [6.45, 7) is 1.87. The zero-order valence-corrected chi connectivity index (χ0v) is 19.0. The fraction of sp³-hybridized carbons (Fsp3) is 0.200. The van der Waals surface area contributed by atoms with E-state index in [0.29, 0.717) is 23.3 Å². The third kappa shape index (κ3) is 3.82. The van der Waals surface area contributed by atoms with Crippen LogP contribution in [0.4, 0.5) is 10.1 Å². The molecule has 1 aliphatic heterocycles. The van der Waals surface area contributed by atoms with Crippen molar-refractivity contribution in [2.24, 2.45) is 0 Å². The highest BCUT2D eigenvalue weighted by Gasteiger charge is 2.41. The molecule has 1 aromatic carbocycles. The predicted molar refractivity (Wildman–Crippen MR) is 126 cm³/mol. The average molecular weight is 465 g/mol. The molecule has 0 bridgehead atoms. The number of nitrogens with one attached hydrogen (secondary N) is 2. The van der Waals surface area contributed by atoms with Crippen molar-refractivity contribution in [3.05, 3.63) is 97.4 Å². The first kappa shape index (κ1) is 20.8. The summed E-state index contributed by atoms with van der Waals surface area (Å²) < 4.78 is 13.6. The van der Waals surface area contributed by atoms with Crippen molar-refractivity contribution in [3.63, 3.8) is 0 Å². The number of allylic oxidation sites excluding steroid dienone is 3. The second-order valence-electron chi connectivity index (χ2n) is 8.01. The Bertz CT molecular complexity index is 1240. The number of amides is 1. The molecule has 3 heterocycles. The van der Waals surface area contributed by atoms with Crippen LogP contribution < -0.4 is 10.6 Å². The molecule has 0 fully saturated rings. The maximum absolute atomic E-state index is 13.6. The van der Waals surface area contributed by atoms with Crippen LogP contribution >= 0.6 is 22.7 Å². The Morgan fingerprint density at radius 3 is 2.50 bits per heavy atom. The smallest absolute Gasteiger partial charge is 0.254 e. The van der Waals surface area contributed by atoms with Crippen LogP contribution in [0.15, 0.2) is 81.8 Å². The Kier molecular flexibility index (Phi) is 5.53. The Hall–Kier alpha value is -3.03. The summed E-state index contributed by atoms with van der Waals surface area (Å²) in [5, 5.41) is 10.2. The molecule has 2 aromatic heterocycles. The summed E-state index contributed by atoms with van der Waals surface area (Å²) in [6, 6.07) is 13.8. The number of Topliss-reactive ketones (excluding diaryl/α,β-unsaturated/α-hetero) is 1. The molecule has 2 aliphatic rings. The summed E-state index contributed by atoms with van der Waals surface area (Å²) >= 11 is 3.20. The lowest BCUT2D eigenvalue weighted by Gasteiger charge is -2.36. The number of hydrogen-bond acceptors (Lipinski definition) is 5. The maximum atomic E-state index is 13.6. The fourth-order valence-electron chi connectivity index (χ4n) is 4.57. The molecule has 1 aliphatic carbocycles. The topological polar surface area (TPSA) is 58.2 Å². The molecule has 0 unspecified atom stereocenters. The second-order valence-corrected chi connectivity index (χ2v) is 9.97. The minimum atomic E-state index is -0.434. The molecular weight excluding hydrogens is 443 g/mol. The highest BCUT2D eigenvalue weighted by atomic mass is 32.1. The monoisotopic (exact) mass is 464 g/mol. The van der Waals surface area contributed by atoms with Crippen LogP contribution in [-0.4, -0.2) is 11.7 Å². The molecule has 2 N–H and O–H groups in total. The van der Waals surface area contributed by atoms with E-state index in [-0.39, 0.29) is 17.6 Å². The van der Waals surface area contributed by atoms with Crippen molar-refractivity contribution < 1.29 is 14.0 Å². The average Bonchev–Trinajstić information content (AvgIpc) is 3.47. The van der Waals surface area contributed by atoms with Gasteiger partial charge in [-0.1, -0.05) is 18.2 Å². The van der Waals surface area contributed by atoms with Crippen molar-refractivity contribution in [1.82, 2.24) is 5.32 Å². The number of dihydropyridines is 1. The molecule has 7 heteroatoms. The van der Waals surface area contributed by atoms with Gasteiger partial charge in [-0.2, -0.15) is 0 Å². The van der Waals surface area contributed by atoms with E-state index in [1.54, 1.807) is 23.5 Å². The summed E-state index contributed by atoms with van der Waals surface area (Å²) in [7, 11) is 0. The molecule has 1 amide bonds. The normalized spacial score (nSPS) is 20.8. The summed E-state index contributed by atoms with van der Waals surface area (Å²) in [5.74, 6) is -0.972. The van der Waals surface area contributed by atoms with E-state index in [1.165, 1.54) is 28.3 Å². The molecule has 0 saturated carbocycles. The van der Waals surface area contributed by atoms with Gasteiger partial charge in [0.2, 0.25) is 0 Å². The van der Waals surface area contributed by atoms with Gasteiger partial charge in [-0.15, -0.1) is 22.7 Å². The van der Waals surface area contributed by atoms with Gasteiger partial charge in [-0.05, 0) is 54.4 Å². The lowest BCUT2D eigenvalue weighted by atomic mass is 9.74. The van der Waals surface area contributed by atoms with Gasteiger partial charge in [0, 0.05) is 50.3 Å². The van der Waals surface area contributed by atoms with Crippen molar-refractivity contribution in [2.45, 2.75) is 31.6 Å². The van der Waals surface area contributed by atoms with Gasteiger partial charge in [0.15, 0.2) is 5.78 Å². The van der Waals surface area contributed by atoms with E-state index in [2.05, 4.69) is 16.7 Å². The molecule has 5 rings (SSSR count). The Labute approximate surface area is 193 Å². The summed E-state index contributed by atoms with van der Waals surface area (Å²) in [6.07, 6.45) is 1.17. The van der Waals surface area contributed by atoms with Crippen molar-refractivity contribution >= 4 is 40.1 Å². The first-order valence-electron chi connectivity index (χ1n) is 10.4. The molecule has 0 saturated heterocycles. The van der Waals surface area contributed by atoms with E-state index in [0.717, 1.165) is 22.7 Å². The van der Waals surface area contributed by atoms with E-state index in [9.17, 15) is 14.0 Å². The van der Waals surface area contributed by atoms with Gasteiger partial charge in [0.25, 0.3) is 5.91 Å². The van der Waals surface area contributed by atoms with Crippen LogP contribution in [0.1, 0.15) is 41.4 Å². The number of hydrogen-bond donors (Lipinski definition) is 2. The largest absolute Gasteiger partial charge is 0.362 e. The zero-order valence-electron chi connectivity index (χ0n) is 17.4. The Morgan fingerprint density at radius 2 is 1.81 bits per heavy atom. The van der Waals surface area contributed by atoms with Gasteiger partial charge in [-0.25, -0.2) is 4.39 Å². The molecule has 0 radical (unpaired) electrons. The quantitative estimate of drug-likeness (QED) is 0.502. The lowest BCUT2D eigenvalue weighted by Crippen LogP contribution is -2.36. The minimum absolute atomic E-state index is 0.0686. The molecule has 32 heavy (non-hydrogen) atoms. The van der Waals surface area contributed by atoms with E-state index >= 15 is 0 Å². The molecule has 3 aromatic rings. The standard InChI is InChI=1S/C25H21FN2O2S2/c1-14-22(25(30)28-17-6-2-5-16(26)13-17)24(21-8-4-10-32-21)23-18(27-14)11-15(12-19(23)29)20-7-3-9-31-20/h2-10,13,15,24,27H,11-12H2,1H3,(H,28,30)/t15-,24+/m1/s1. The molecule has 2 atom stereocenters. The number of rotatable bonds is 4. The van der Waals surface area contributed by atoms with Crippen LogP contribution in [0, 0.1) is 5.82 Å². The van der Waals surface area contributed by atoms with Gasteiger partial charge in [-0.3, -0.25) is 9.59 Å². The van der Waals surface area contributed by atoms with E-state index < -0.39 is 11.7 Å². The first-order valence-corrected chi connectivity index (χ1v) is 12.1. The number of carbonyl (C=O) groups excluding carboxylic acids is 2. The molecular formula is C25H21FN2O2S2. The van der Waals surface area contributed by atoms with E-state index in [4.69, 9.17) is 0 Å². The van der Waals surface area contributed by atoms with Crippen LogP contribution in [0.5, 0.6) is 0 Å². The maximum Gasteiger partial charge on any atom is 0.254 e. The summed E-state index contributed by atoms with van der Waals surface area (Å²) in [4.78, 5) is 28.9. The second kappa shape index (κ2) is 8.48. The Morgan fingerprint density at radius 1 is 1.06 bits per heavy atom. The van der Waals surface area contributed by atoms with Crippen LogP contribution in [0.2, 0.25) is 0 Å². The SMILES string of the molecule is CC1=C(C(=O)Nc2cccc(F)c2)[C@H](c2cccs2)C2=C(C[C@@H](c3cccs3)CC2=O)N1. The van der Waals surface area contributed by atoms with Crippen LogP contribution in [-0.2, 0) is 9.59 Å². The minimum Gasteiger partial charge on any atom is -0.362 e. The lowest BCUT2D eigenvalue weighted by molar-refractivity contribution is -0.116.